The van der Waals surface area contributed by atoms with E-state index in [4.69, 9.17) is 5.73 Å². The van der Waals surface area contributed by atoms with Crippen LogP contribution in [0.25, 0.3) is 0 Å². The molecule has 1 saturated heterocycles. The van der Waals surface area contributed by atoms with E-state index in [2.05, 4.69) is 15.6 Å². The van der Waals surface area contributed by atoms with Gasteiger partial charge in [0.15, 0.2) is 0 Å². The van der Waals surface area contributed by atoms with E-state index < -0.39 is 11.9 Å². The van der Waals surface area contributed by atoms with Crippen LogP contribution in [0.1, 0.15) is 39.9 Å². The summed E-state index contributed by atoms with van der Waals surface area (Å²) in [6.07, 6.45) is 2.32. The van der Waals surface area contributed by atoms with Crippen molar-refractivity contribution in [1.82, 2.24) is 15.2 Å². The number of rotatable bonds is 5. The number of imide groups is 1. The summed E-state index contributed by atoms with van der Waals surface area (Å²) >= 11 is 0. The Morgan fingerprint density at radius 2 is 2.11 bits per heavy atom. The van der Waals surface area contributed by atoms with Gasteiger partial charge in [0, 0.05) is 43.4 Å². The number of fused-ring (bicyclic) bond motifs is 1. The van der Waals surface area contributed by atoms with E-state index in [0.717, 1.165) is 22.5 Å². The van der Waals surface area contributed by atoms with E-state index in [-0.39, 0.29) is 18.2 Å². The molecule has 1 aromatic carbocycles. The van der Waals surface area contributed by atoms with Crippen molar-refractivity contribution in [2.75, 3.05) is 5.32 Å². The Kier molecular flexibility index (Phi) is 4.79. The van der Waals surface area contributed by atoms with Crippen LogP contribution in [0.5, 0.6) is 0 Å². The number of pyridine rings is 1. The van der Waals surface area contributed by atoms with Crippen LogP contribution < -0.4 is 16.4 Å². The van der Waals surface area contributed by atoms with Crippen LogP contribution in [0.15, 0.2) is 36.5 Å². The topological polar surface area (TPSA) is 117 Å². The second-order valence-electron chi connectivity index (χ2n) is 6.96. The van der Waals surface area contributed by atoms with E-state index in [9.17, 15) is 14.4 Å². The highest BCUT2D eigenvalue weighted by Crippen LogP contribution is 2.28. The van der Waals surface area contributed by atoms with Crippen LogP contribution in [-0.4, -0.2) is 33.6 Å². The second-order valence-corrected chi connectivity index (χ2v) is 6.96. The lowest BCUT2D eigenvalue weighted by Crippen LogP contribution is -2.52. The fourth-order valence-corrected chi connectivity index (χ4v) is 3.69. The average Bonchev–Trinajstić information content (AvgIpc) is 3.02. The quantitative estimate of drug-likeness (QED) is 0.665. The van der Waals surface area contributed by atoms with Crippen molar-refractivity contribution in [3.8, 4) is 0 Å². The number of hydrogen-bond acceptors (Lipinski definition) is 6. The molecule has 0 aliphatic carbocycles. The third kappa shape index (κ3) is 3.34. The number of carbonyl (C=O) groups excluding carboxylic acids is 3. The maximum atomic E-state index is 12.7. The highest BCUT2D eigenvalue weighted by Gasteiger charge is 2.38. The number of anilines is 1. The maximum Gasteiger partial charge on any atom is 0.255 e. The molecule has 3 amide bonds. The van der Waals surface area contributed by atoms with Gasteiger partial charge in [0.25, 0.3) is 5.91 Å². The van der Waals surface area contributed by atoms with E-state index >= 15 is 0 Å². The molecule has 1 unspecified atom stereocenters. The standard InChI is InChI=1S/C20H21N5O3/c21-9-13-2-1-7-22-18(13)23-10-12-3-4-15-14(8-12)11-25(20(15)28)16-5-6-17(26)24-19(16)27/h1-4,7-8,16H,5-6,9-11,21H2,(H,22,23)(H,24,26,27). The van der Waals surface area contributed by atoms with Crippen molar-refractivity contribution >= 4 is 23.5 Å². The van der Waals surface area contributed by atoms with Crippen LogP contribution in [0.2, 0.25) is 0 Å². The van der Waals surface area contributed by atoms with Gasteiger partial charge in [-0.1, -0.05) is 18.2 Å². The molecule has 4 rings (SSSR count). The summed E-state index contributed by atoms with van der Waals surface area (Å²) in [6.45, 7) is 1.31. The number of piperidine rings is 1. The van der Waals surface area contributed by atoms with Crippen molar-refractivity contribution in [2.24, 2.45) is 5.73 Å². The molecule has 0 saturated carbocycles. The molecule has 0 bridgehead atoms. The van der Waals surface area contributed by atoms with Gasteiger partial charge in [0.2, 0.25) is 11.8 Å². The smallest absolute Gasteiger partial charge is 0.255 e. The van der Waals surface area contributed by atoms with Gasteiger partial charge in [-0.25, -0.2) is 4.98 Å². The number of hydrogen-bond donors (Lipinski definition) is 3. The molecule has 8 nitrogen and oxygen atoms in total. The molecule has 1 aromatic heterocycles. The number of amides is 3. The van der Waals surface area contributed by atoms with E-state index in [0.29, 0.717) is 31.6 Å². The summed E-state index contributed by atoms with van der Waals surface area (Å²) in [5.74, 6) is -0.111. The van der Waals surface area contributed by atoms with E-state index in [1.807, 2.05) is 24.3 Å². The Morgan fingerprint density at radius 1 is 1.25 bits per heavy atom. The van der Waals surface area contributed by atoms with E-state index in [1.165, 1.54) is 0 Å². The van der Waals surface area contributed by atoms with Crippen LogP contribution in [0.4, 0.5) is 5.82 Å². The molecule has 28 heavy (non-hydrogen) atoms. The molecular formula is C20H21N5O3. The minimum absolute atomic E-state index is 0.167. The SMILES string of the molecule is NCc1cccnc1NCc1ccc2c(c1)CN(C1CCC(=O)NC1=O)C2=O. The number of nitrogens with one attached hydrogen (secondary N) is 2. The zero-order valence-corrected chi connectivity index (χ0v) is 15.3. The summed E-state index contributed by atoms with van der Waals surface area (Å²) in [5, 5.41) is 5.59. The zero-order valence-electron chi connectivity index (χ0n) is 15.3. The Labute approximate surface area is 162 Å². The van der Waals surface area contributed by atoms with Gasteiger partial charge in [0.05, 0.1) is 0 Å². The molecule has 0 radical (unpaired) electrons. The maximum absolute atomic E-state index is 12.7. The van der Waals surface area contributed by atoms with Gasteiger partial charge in [-0.15, -0.1) is 0 Å². The Hall–Kier alpha value is -3.26. The highest BCUT2D eigenvalue weighted by molar-refractivity contribution is 6.05. The van der Waals surface area contributed by atoms with Crippen molar-refractivity contribution in [3.63, 3.8) is 0 Å². The average molecular weight is 379 g/mol. The van der Waals surface area contributed by atoms with Gasteiger partial charge in [-0.3, -0.25) is 19.7 Å². The van der Waals surface area contributed by atoms with Gasteiger partial charge >= 0.3 is 0 Å². The summed E-state index contributed by atoms with van der Waals surface area (Å²) in [5.41, 5.74) is 9.16. The minimum atomic E-state index is -0.597. The van der Waals surface area contributed by atoms with Gasteiger partial charge in [-0.05, 0) is 29.7 Å². The summed E-state index contributed by atoms with van der Waals surface area (Å²) in [4.78, 5) is 42.1. The van der Waals surface area contributed by atoms with Gasteiger partial charge in [0.1, 0.15) is 11.9 Å². The minimum Gasteiger partial charge on any atom is -0.366 e. The second kappa shape index (κ2) is 7.40. The Balaban J connectivity index is 1.48. The van der Waals surface area contributed by atoms with Gasteiger partial charge < -0.3 is 16.0 Å². The third-order valence-electron chi connectivity index (χ3n) is 5.16. The molecule has 2 aliphatic rings. The molecule has 8 heteroatoms. The van der Waals surface area contributed by atoms with Crippen molar-refractivity contribution in [3.05, 3.63) is 58.8 Å². The normalized spacial score (nSPS) is 18.8. The first-order valence-electron chi connectivity index (χ1n) is 9.21. The molecule has 3 heterocycles. The predicted octanol–water partition coefficient (Wildman–Crippen LogP) is 0.913. The first-order chi connectivity index (χ1) is 13.6. The molecule has 144 valence electrons. The van der Waals surface area contributed by atoms with Crippen molar-refractivity contribution in [1.29, 1.82) is 0 Å². The Morgan fingerprint density at radius 3 is 2.89 bits per heavy atom. The zero-order chi connectivity index (χ0) is 19.7. The highest BCUT2D eigenvalue weighted by atomic mass is 16.2. The first kappa shape index (κ1) is 18.1. The monoisotopic (exact) mass is 379 g/mol. The largest absolute Gasteiger partial charge is 0.366 e. The number of benzene rings is 1. The van der Waals surface area contributed by atoms with Crippen LogP contribution in [-0.2, 0) is 29.2 Å². The molecule has 0 spiro atoms. The summed E-state index contributed by atoms with van der Waals surface area (Å²) in [6, 6.07) is 8.83. The first-order valence-corrected chi connectivity index (χ1v) is 9.21. The predicted molar refractivity (Wildman–Crippen MR) is 102 cm³/mol. The number of nitrogens with two attached hydrogens (primary N) is 1. The molecule has 1 fully saturated rings. The molecule has 4 N–H and O–H groups in total. The van der Waals surface area contributed by atoms with Crippen LogP contribution in [0.3, 0.4) is 0 Å². The van der Waals surface area contributed by atoms with Crippen LogP contribution in [0, 0.1) is 0 Å². The van der Waals surface area contributed by atoms with Crippen LogP contribution >= 0.6 is 0 Å². The fraction of sp³-hybridized carbons (Fsp3) is 0.300. The number of aromatic nitrogens is 1. The van der Waals surface area contributed by atoms with E-state index in [1.54, 1.807) is 17.2 Å². The lowest BCUT2D eigenvalue weighted by molar-refractivity contribution is -0.136. The molecule has 1 atom stereocenters. The lowest BCUT2D eigenvalue weighted by atomic mass is 10.0. The number of carbonyl (C=O) groups is 3. The fourth-order valence-electron chi connectivity index (χ4n) is 3.69. The summed E-state index contributed by atoms with van der Waals surface area (Å²) in [7, 11) is 0. The third-order valence-corrected chi connectivity index (χ3v) is 5.16. The molecular weight excluding hydrogens is 358 g/mol. The Bertz CT molecular complexity index is 959. The number of nitrogens with zero attached hydrogens (tertiary/aromatic N) is 2. The molecule has 2 aromatic rings. The van der Waals surface area contributed by atoms with Crippen molar-refractivity contribution < 1.29 is 14.4 Å². The van der Waals surface area contributed by atoms with Gasteiger partial charge in [-0.2, -0.15) is 0 Å². The summed E-state index contributed by atoms with van der Waals surface area (Å²) < 4.78 is 0. The lowest BCUT2D eigenvalue weighted by Gasteiger charge is -2.29. The molecule has 2 aliphatic heterocycles. The van der Waals surface area contributed by atoms with Crippen molar-refractivity contribution in [2.45, 2.75) is 38.5 Å².